The van der Waals surface area contributed by atoms with Crippen molar-refractivity contribution in [2.45, 2.75) is 266 Å². The van der Waals surface area contributed by atoms with E-state index in [0.29, 0.717) is 81.4 Å². The average Bonchev–Trinajstić information content (AvgIpc) is 1.68. The Morgan fingerprint density at radius 3 is 1.46 bits per heavy atom. The molecule has 12 aromatic rings. The molecule has 0 bridgehead atoms. The molecular weight excluding hydrogens is 1680 g/mol. The summed E-state index contributed by atoms with van der Waals surface area (Å²) in [5.74, 6) is 5.96. The highest BCUT2D eigenvalue weighted by molar-refractivity contribution is 7.98. The van der Waals surface area contributed by atoms with Crippen molar-refractivity contribution in [2.24, 2.45) is 0 Å². The van der Waals surface area contributed by atoms with Gasteiger partial charge in [-0.1, -0.05) is 254 Å². The van der Waals surface area contributed by atoms with Crippen molar-refractivity contribution >= 4 is 76.7 Å². The number of rotatable bonds is 20. The number of amides is 1. The maximum absolute atomic E-state index is 13.2. The lowest BCUT2D eigenvalue weighted by Gasteiger charge is -2.21. The number of pyridine rings is 1. The van der Waals surface area contributed by atoms with Gasteiger partial charge in [0.2, 0.25) is 5.91 Å². The Balaban J connectivity index is 0.000000370. The standard InChI is InChI=1S/C11H14F3NO.C11H15NO2.2C11H13NO.C11H17N.C11H16O2S.C11H14O.C11H12.C10H14O2S.C10H14S/c1-7(2)9-6-8(4-5-15-9)16-11(3,14)10(12)13;1-7(2)9-4-5-10(11(14)6-9)12-8(3)13;1-7(2)9-4-5-10-11(6-9)13-8(3)12-10;1-7(2)9-5-4-6-10-11(9)12-8(3)13-10;1-9(2)10-6-5-7-11(8-10)12(3)4;1-4-14(12,13)11-7-5-6-10(8-11)9(2)3;1-8(2)10-5-4-6-11(7-10)9(3)12;1-4-10-6-5-7-11(8-10)9(2)3;1-8(2)9-5-4-6-10(7-9)13(3,11)12;1-8(2)9-5-4-6-10(7-9)11-3/h4-7,10H,1-3H3;4-7,14H,1-3H3,(H,12,13);2*4-7H,1-3H3;5-9H,1-4H3;5-9H,4H2,1-3H3;4-8H,1-3H3;1,5-9H,2-3H3;4-8H,1-3H3;4-8H,1-3H3. The fourth-order valence-electron chi connectivity index (χ4n) is 11.9. The van der Waals surface area contributed by atoms with Gasteiger partial charge in [0.15, 0.2) is 48.4 Å². The molecule has 2 N–H and O–H groups in total. The number of oxazole rings is 2. The predicted molar refractivity (Wildman–Crippen MR) is 535 cm³/mol. The van der Waals surface area contributed by atoms with E-state index in [0.717, 1.165) is 61.8 Å². The third-order valence-corrected chi connectivity index (χ3v) is 23.7. The molecule has 0 aliphatic rings. The molecule has 0 aliphatic heterocycles. The maximum atomic E-state index is 13.2. The molecule has 0 saturated carbocycles. The number of alkyl halides is 3. The van der Waals surface area contributed by atoms with Gasteiger partial charge < -0.3 is 28.9 Å². The molecule has 0 saturated heterocycles. The number of sulfone groups is 2. The van der Waals surface area contributed by atoms with Gasteiger partial charge in [-0.15, -0.1) is 18.2 Å². The number of anilines is 2. The number of ketones is 1. The molecule has 9 aromatic carbocycles. The van der Waals surface area contributed by atoms with E-state index in [1.54, 1.807) is 74.1 Å². The Morgan fingerprint density at radius 2 is 0.977 bits per heavy atom. The first-order valence-electron chi connectivity index (χ1n) is 43.9. The molecule has 1 amide bonds. The number of aromatic hydroxyl groups is 1. The molecule has 129 heavy (non-hydrogen) atoms. The first-order chi connectivity index (χ1) is 60.2. The van der Waals surface area contributed by atoms with E-state index in [1.165, 1.54) is 75.5 Å². The highest BCUT2D eigenvalue weighted by Crippen LogP contribution is 2.32. The second-order valence-electron chi connectivity index (χ2n) is 34.7. The van der Waals surface area contributed by atoms with Gasteiger partial charge in [-0.05, 0) is 226 Å². The number of halogens is 3. The van der Waals surface area contributed by atoms with Gasteiger partial charge in [0, 0.05) is 87.7 Å². The fourth-order valence-corrected chi connectivity index (χ4v) is 13.9. The Morgan fingerprint density at radius 1 is 0.527 bits per heavy atom. The number of hydrogen-bond donors (Lipinski definition) is 2. The van der Waals surface area contributed by atoms with E-state index in [1.807, 2.05) is 122 Å². The van der Waals surface area contributed by atoms with Crippen molar-refractivity contribution in [3.05, 3.63) is 297 Å². The number of ether oxygens (including phenoxy) is 1. The number of phenolic OH excluding ortho intramolecular Hbond substituents is 1. The lowest BCUT2D eigenvalue weighted by molar-refractivity contribution is -0.152. The molecule has 698 valence electrons. The third kappa shape index (κ3) is 40.0. The minimum absolute atomic E-state index is 0.0593. The molecule has 3 heterocycles. The van der Waals surface area contributed by atoms with E-state index in [9.17, 15) is 44.7 Å². The van der Waals surface area contributed by atoms with Crippen molar-refractivity contribution in [1.29, 1.82) is 0 Å². The molecular formula is C108H142F3N5O10S3. The molecule has 1 unspecified atom stereocenters. The summed E-state index contributed by atoms with van der Waals surface area (Å²) in [5, 5.41) is 12.1. The molecule has 15 nitrogen and oxygen atoms in total. The molecule has 0 aliphatic carbocycles. The lowest BCUT2D eigenvalue weighted by Crippen LogP contribution is -2.35. The van der Waals surface area contributed by atoms with Crippen molar-refractivity contribution in [1.82, 2.24) is 15.0 Å². The zero-order valence-corrected chi connectivity index (χ0v) is 84.1. The number of Topliss-reactive ketones (excluding diaryl/α,β-unsaturated/α-hetero) is 1. The Hall–Kier alpha value is -10.8. The molecule has 21 heteroatoms. The summed E-state index contributed by atoms with van der Waals surface area (Å²) >= 11 is 1.80. The Bertz CT molecular complexity index is 5700. The van der Waals surface area contributed by atoms with E-state index >= 15 is 0 Å². The number of aromatic nitrogens is 3. The number of nitrogens with one attached hydrogen (secondary N) is 1. The number of benzene rings is 9. The largest absolute Gasteiger partial charge is 0.506 e. The van der Waals surface area contributed by atoms with E-state index in [-0.39, 0.29) is 34.9 Å². The van der Waals surface area contributed by atoms with Crippen LogP contribution in [-0.2, 0) is 24.5 Å². The molecule has 3 aromatic heterocycles. The molecule has 12 rings (SSSR count). The second-order valence-corrected chi connectivity index (χ2v) is 39.9. The Kier molecular flexibility index (Phi) is 47.6. The van der Waals surface area contributed by atoms with Gasteiger partial charge in [0.25, 0.3) is 0 Å². The van der Waals surface area contributed by atoms with E-state index < -0.39 is 32.0 Å². The van der Waals surface area contributed by atoms with Gasteiger partial charge in [-0.3, -0.25) is 14.6 Å². The summed E-state index contributed by atoms with van der Waals surface area (Å²) in [6, 6.07) is 68.0. The number of hydrogen-bond acceptors (Lipinski definition) is 15. The highest BCUT2D eigenvalue weighted by atomic mass is 32.2. The monoisotopic (exact) mass is 1820 g/mol. The average molecular weight is 1820 g/mol. The Labute approximate surface area is 774 Å². The fraction of sp³-hybridized carbons (Fsp3) is 0.398. The third-order valence-electron chi connectivity index (χ3n) is 20.1. The highest BCUT2D eigenvalue weighted by Gasteiger charge is 2.37. The van der Waals surface area contributed by atoms with Crippen LogP contribution < -0.4 is 15.0 Å². The SMILES string of the molecule is C#Cc1cccc(C(C)C)c1.CC(=O)Nc1ccc(C(C)C)cc1O.CC(=O)c1cccc(C(C)C)c1.CC(C)c1cc(OC(C)(F)C(F)F)ccn1.CC(C)c1cccc(N(C)C)c1.CC(C)c1cccc(S(C)(=O)=O)c1.CCS(=O)(=O)c1cccc(C(C)C)c1.CSc1cccc(C(C)C)c1.Cc1nc2c(C(C)C)cccc2o1.Cc1nc2ccc(C(C)C)cc2o1. The first kappa shape index (κ1) is 112. The summed E-state index contributed by atoms with van der Waals surface area (Å²) in [4.78, 5) is 38.7. The van der Waals surface area contributed by atoms with Crippen LogP contribution >= 0.6 is 11.8 Å². The number of phenols is 1. The predicted octanol–water partition coefficient (Wildman–Crippen LogP) is 29.6. The van der Waals surface area contributed by atoms with Crippen LogP contribution in [0.15, 0.2) is 242 Å². The van der Waals surface area contributed by atoms with E-state index in [2.05, 4.69) is 238 Å². The van der Waals surface area contributed by atoms with Crippen molar-refractivity contribution < 1.29 is 58.3 Å². The van der Waals surface area contributed by atoms with Crippen LogP contribution in [0.3, 0.4) is 0 Å². The summed E-state index contributed by atoms with van der Waals surface area (Å²) in [7, 11) is -1.98. The van der Waals surface area contributed by atoms with Crippen LogP contribution in [0.2, 0.25) is 0 Å². The number of nitrogens with zero attached hydrogens (tertiary/aromatic N) is 4. The summed E-state index contributed by atoms with van der Waals surface area (Å²) < 4.78 is 98.8. The van der Waals surface area contributed by atoms with E-state index in [4.69, 9.17) is 15.3 Å². The number of para-hydroxylation sites is 1. The van der Waals surface area contributed by atoms with Gasteiger partial charge >= 0.3 is 12.3 Å². The van der Waals surface area contributed by atoms with Crippen LogP contribution in [0.1, 0.15) is 309 Å². The number of fused-ring (bicyclic) bond motifs is 2. The van der Waals surface area contributed by atoms with Crippen molar-refractivity contribution in [3.8, 4) is 23.8 Å². The van der Waals surface area contributed by atoms with Crippen molar-refractivity contribution in [3.63, 3.8) is 0 Å². The maximum Gasteiger partial charge on any atom is 0.306 e. The zero-order valence-electron chi connectivity index (χ0n) is 81.7. The normalized spacial score (nSPS) is 11.5. The summed E-state index contributed by atoms with van der Waals surface area (Å²) in [6.45, 7) is 51.3. The quantitative estimate of drug-likeness (QED) is 0.0314. The molecule has 0 fully saturated rings. The number of carbonyl (C=O) groups is 2. The topological polar surface area (TPSA) is 212 Å². The van der Waals surface area contributed by atoms with Gasteiger partial charge in [-0.25, -0.2) is 35.6 Å². The van der Waals surface area contributed by atoms with Gasteiger partial charge in [-0.2, -0.15) is 4.39 Å². The van der Waals surface area contributed by atoms with Gasteiger partial charge in [0.05, 0.1) is 21.2 Å². The number of carbonyl (C=O) groups excluding carboxylic acids is 2. The molecule has 0 radical (unpaired) electrons. The molecule has 0 spiro atoms. The van der Waals surface area contributed by atoms with Crippen LogP contribution in [0.25, 0.3) is 22.2 Å². The number of aryl methyl sites for hydroxylation is 2. The van der Waals surface area contributed by atoms with Crippen LogP contribution in [0.5, 0.6) is 11.5 Å². The van der Waals surface area contributed by atoms with Crippen LogP contribution in [0, 0.1) is 26.2 Å². The zero-order chi connectivity index (χ0) is 97.5. The van der Waals surface area contributed by atoms with Crippen molar-refractivity contribution in [2.75, 3.05) is 42.6 Å². The summed E-state index contributed by atoms with van der Waals surface area (Å²) in [6.07, 6.45) is 6.83. The second kappa shape index (κ2) is 54.6. The van der Waals surface area contributed by atoms with Crippen LogP contribution in [-0.4, -0.2) is 93.2 Å². The van der Waals surface area contributed by atoms with Crippen LogP contribution in [0.4, 0.5) is 24.5 Å². The number of terminal acetylenes is 1. The number of thioether (sulfide) groups is 1. The first-order valence-corrected chi connectivity index (χ1v) is 48.7. The smallest absolute Gasteiger partial charge is 0.306 e. The minimum atomic E-state index is -3.19. The molecule has 1 atom stereocenters. The minimum Gasteiger partial charge on any atom is -0.506 e. The van der Waals surface area contributed by atoms with Gasteiger partial charge in [0.1, 0.15) is 22.5 Å². The lowest BCUT2D eigenvalue weighted by atomic mass is 10.00. The summed E-state index contributed by atoms with van der Waals surface area (Å²) in [5.41, 5.74) is 19.0.